The van der Waals surface area contributed by atoms with Crippen molar-refractivity contribution >= 4 is 5.97 Å². The number of ether oxygens (including phenoxy) is 1. The van der Waals surface area contributed by atoms with Crippen molar-refractivity contribution < 1.29 is 14.4 Å². The lowest BCUT2D eigenvalue weighted by Gasteiger charge is -2.30. The summed E-state index contributed by atoms with van der Waals surface area (Å²) in [5.41, 5.74) is 8.18. The van der Waals surface area contributed by atoms with E-state index in [1.54, 1.807) is 5.06 Å². The van der Waals surface area contributed by atoms with Crippen LogP contribution in [0.15, 0.2) is 5.11 Å². The Bertz CT molecular complexity index is 278. The molecular formula is C9H16N4O3. The van der Waals surface area contributed by atoms with Gasteiger partial charge in [0.15, 0.2) is 0 Å². The van der Waals surface area contributed by atoms with Crippen LogP contribution in [0.2, 0.25) is 0 Å². The number of hydrogen-bond acceptors (Lipinski definition) is 5. The molecule has 1 fully saturated rings. The predicted octanol–water partition coefficient (Wildman–Crippen LogP) is 1.26. The zero-order valence-corrected chi connectivity index (χ0v) is 9.33. The molecule has 0 aromatic heterocycles. The van der Waals surface area contributed by atoms with Gasteiger partial charge in [0.1, 0.15) is 0 Å². The molecule has 0 saturated carbocycles. The Kier molecular flexibility index (Phi) is 5.63. The van der Waals surface area contributed by atoms with Crippen molar-refractivity contribution in [3.05, 3.63) is 10.4 Å². The van der Waals surface area contributed by atoms with Crippen LogP contribution in [0.5, 0.6) is 0 Å². The first kappa shape index (κ1) is 12.8. The van der Waals surface area contributed by atoms with E-state index < -0.39 is 0 Å². The van der Waals surface area contributed by atoms with E-state index in [1.807, 2.05) is 6.92 Å². The molecule has 0 spiro atoms. The average Bonchev–Trinajstić information content (AvgIpc) is 2.27. The highest BCUT2D eigenvalue weighted by Gasteiger charge is 2.22. The number of morpholine rings is 1. The van der Waals surface area contributed by atoms with E-state index >= 15 is 0 Å². The van der Waals surface area contributed by atoms with Gasteiger partial charge in [-0.1, -0.05) is 12.0 Å². The summed E-state index contributed by atoms with van der Waals surface area (Å²) in [4.78, 5) is 19.0. The van der Waals surface area contributed by atoms with Gasteiger partial charge in [0.25, 0.3) is 0 Å². The largest absolute Gasteiger partial charge is 0.375 e. The van der Waals surface area contributed by atoms with Crippen molar-refractivity contribution in [3.8, 4) is 0 Å². The molecule has 1 saturated heterocycles. The molecule has 7 nitrogen and oxygen atoms in total. The fourth-order valence-electron chi connectivity index (χ4n) is 1.41. The Morgan fingerprint density at radius 3 is 3.25 bits per heavy atom. The van der Waals surface area contributed by atoms with E-state index in [1.165, 1.54) is 0 Å². The fraction of sp³-hybridized carbons (Fsp3) is 0.889. The highest BCUT2D eigenvalue weighted by Crippen LogP contribution is 2.07. The molecule has 0 aliphatic carbocycles. The van der Waals surface area contributed by atoms with E-state index in [-0.39, 0.29) is 18.6 Å². The number of hydrogen-bond donors (Lipinski definition) is 0. The van der Waals surface area contributed by atoms with Gasteiger partial charge in [-0.05, 0) is 12.0 Å². The van der Waals surface area contributed by atoms with Crippen LogP contribution in [0, 0.1) is 0 Å². The molecular weight excluding hydrogens is 212 g/mol. The molecule has 0 radical (unpaired) electrons. The lowest BCUT2D eigenvalue weighted by Crippen LogP contribution is -2.44. The quantitative estimate of drug-likeness (QED) is 0.402. The van der Waals surface area contributed by atoms with Crippen LogP contribution in [0.3, 0.4) is 0 Å². The zero-order valence-electron chi connectivity index (χ0n) is 9.33. The summed E-state index contributed by atoms with van der Waals surface area (Å²) in [7, 11) is 0. The van der Waals surface area contributed by atoms with Crippen molar-refractivity contribution in [2.45, 2.75) is 25.9 Å². The summed E-state index contributed by atoms with van der Waals surface area (Å²) >= 11 is 0. The van der Waals surface area contributed by atoms with Crippen LogP contribution < -0.4 is 0 Å². The maximum atomic E-state index is 11.2. The second-order valence-corrected chi connectivity index (χ2v) is 3.51. The molecule has 0 amide bonds. The first-order valence-corrected chi connectivity index (χ1v) is 5.34. The van der Waals surface area contributed by atoms with Crippen molar-refractivity contribution in [3.63, 3.8) is 0 Å². The van der Waals surface area contributed by atoms with Gasteiger partial charge in [-0.3, -0.25) is 4.79 Å². The second kappa shape index (κ2) is 7.05. The van der Waals surface area contributed by atoms with Gasteiger partial charge < -0.3 is 9.57 Å². The van der Waals surface area contributed by atoms with Gasteiger partial charge in [-0.15, -0.1) is 5.06 Å². The average molecular weight is 228 g/mol. The smallest absolute Gasteiger partial charge is 0.325 e. The van der Waals surface area contributed by atoms with Crippen LogP contribution in [0.4, 0.5) is 0 Å². The van der Waals surface area contributed by atoms with Gasteiger partial charge in [0.2, 0.25) is 0 Å². The van der Waals surface area contributed by atoms with Gasteiger partial charge in [0.05, 0.1) is 32.3 Å². The minimum absolute atomic E-state index is 0.195. The van der Waals surface area contributed by atoms with Gasteiger partial charge >= 0.3 is 5.97 Å². The van der Waals surface area contributed by atoms with E-state index in [2.05, 4.69) is 10.0 Å². The Balaban J connectivity index is 2.32. The molecule has 0 N–H and O–H groups in total. The maximum Gasteiger partial charge on any atom is 0.325 e. The number of azide groups is 1. The number of rotatable bonds is 5. The summed E-state index contributed by atoms with van der Waals surface area (Å²) in [6.45, 7) is 3.67. The van der Waals surface area contributed by atoms with Crippen molar-refractivity contribution in [1.82, 2.24) is 5.06 Å². The minimum atomic E-state index is -0.230. The number of hydroxylamine groups is 2. The minimum Gasteiger partial charge on any atom is -0.375 e. The van der Waals surface area contributed by atoms with Crippen LogP contribution in [0.1, 0.15) is 19.8 Å². The molecule has 0 bridgehead atoms. The van der Waals surface area contributed by atoms with Gasteiger partial charge in [-0.2, -0.15) is 0 Å². The molecule has 0 aromatic carbocycles. The summed E-state index contributed by atoms with van der Waals surface area (Å²) < 4.78 is 5.35. The number of carbonyl (C=O) groups is 1. The van der Waals surface area contributed by atoms with Crippen LogP contribution >= 0.6 is 0 Å². The molecule has 1 heterocycles. The summed E-state index contributed by atoms with van der Waals surface area (Å²) in [6, 6.07) is 0. The van der Waals surface area contributed by atoms with Gasteiger partial charge in [-0.25, -0.2) is 0 Å². The molecule has 0 aromatic rings. The van der Waals surface area contributed by atoms with Gasteiger partial charge in [0, 0.05) is 11.3 Å². The van der Waals surface area contributed by atoms with Crippen molar-refractivity contribution in [2.75, 3.05) is 26.2 Å². The molecule has 16 heavy (non-hydrogen) atoms. The summed E-state index contributed by atoms with van der Waals surface area (Å²) in [5.74, 6) is -0.230. The highest BCUT2D eigenvalue weighted by atomic mass is 16.7. The standard InChI is InChI=1S/C9H16N4O3/c1-2-3-9(14)16-13-4-5-15-8(7-13)6-11-12-10/h8H,2-7H2,1H3/t8-/m0/s1. The Morgan fingerprint density at radius 1 is 1.75 bits per heavy atom. The van der Waals surface area contributed by atoms with E-state index in [0.29, 0.717) is 26.1 Å². The van der Waals surface area contributed by atoms with Crippen LogP contribution in [-0.2, 0) is 14.4 Å². The predicted molar refractivity (Wildman–Crippen MR) is 56.3 cm³/mol. The molecule has 1 rings (SSSR count). The fourth-order valence-corrected chi connectivity index (χ4v) is 1.41. The van der Waals surface area contributed by atoms with E-state index in [4.69, 9.17) is 15.1 Å². The Hall–Kier alpha value is -1.30. The maximum absolute atomic E-state index is 11.2. The third kappa shape index (κ3) is 4.48. The molecule has 1 atom stereocenters. The summed E-state index contributed by atoms with van der Waals surface area (Å²) in [5, 5.41) is 5.00. The normalized spacial score (nSPS) is 21.2. The first-order valence-electron chi connectivity index (χ1n) is 5.34. The lowest BCUT2D eigenvalue weighted by atomic mass is 10.3. The van der Waals surface area contributed by atoms with E-state index in [9.17, 15) is 4.79 Å². The molecule has 1 aliphatic heterocycles. The third-order valence-electron chi connectivity index (χ3n) is 2.14. The molecule has 90 valence electrons. The molecule has 7 heteroatoms. The molecule has 1 aliphatic rings. The third-order valence-corrected chi connectivity index (χ3v) is 2.14. The zero-order chi connectivity index (χ0) is 11.8. The van der Waals surface area contributed by atoms with Crippen LogP contribution in [-0.4, -0.2) is 43.4 Å². The summed E-state index contributed by atoms with van der Waals surface area (Å²) in [6.07, 6.45) is 0.989. The second-order valence-electron chi connectivity index (χ2n) is 3.51. The SMILES string of the molecule is CCCC(=O)ON1CCO[C@@H](CN=[N+]=[N-])C1. The topological polar surface area (TPSA) is 87.5 Å². The van der Waals surface area contributed by atoms with Crippen LogP contribution in [0.25, 0.3) is 10.4 Å². The highest BCUT2D eigenvalue weighted by molar-refractivity contribution is 5.68. The monoisotopic (exact) mass is 228 g/mol. The van der Waals surface area contributed by atoms with Crippen molar-refractivity contribution in [2.24, 2.45) is 5.11 Å². The number of carbonyl (C=O) groups excluding carboxylic acids is 1. The Labute approximate surface area is 93.9 Å². The Morgan fingerprint density at radius 2 is 2.56 bits per heavy atom. The van der Waals surface area contributed by atoms with Crippen molar-refractivity contribution in [1.29, 1.82) is 0 Å². The first-order chi connectivity index (χ1) is 7.76. The lowest BCUT2D eigenvalue weighted by molar-refractivity contribution is -0.214. The number of nitrogens with zero attached hydrogens (tertiary/aromatic N) is 4. The van der Waals surface area contributed by atoms with E-state index in [0.717, 1.165) is 6.42 Å². The molecule has 0 unspecified atom stereocenters.